The summed E-state index contributed by atoms with van der Waals surface area (Å²) >= 11 is 3.11. The van der Waals surface area contributed by atoms with Gasteiger partial charge < -0.3 is 5.32 Å². The Bertz CT molecular complexity index is 584. The maximum atomic E-state index is 12.9. The molecule has 92 valence electrons. The average molecular weight is 312 g/mol. The van der Waals surface area contributed by atoms with E-state index in [2.05, 4.69) is 21.2 Å². The number of amides is 1. The number of anilines is 1. The number of halogens is 3. The fraction of sp³-hybridized carbons (Fsp3) is 0. The topological polar surface area (TPSA) is 29.1 Å². The lowest BCUT2D eigenvalue weighted by molar-refractivity contribution is 0.102. The van der Waals surface area contributed by atoms with Crippen LogP contribution in [0.2, 0.25) is 0 Å². The number of nitrogens with one attached hydrogen (secondary N) is 1. The first-order chi connectivity index (χ1) is 8.56. The summed E-state index contributed by atoms with van der Waals surface area (Å²) in [5.41, 5.74) is 0.776. The molecule has 0 saturated carbocycles. The predicted octanol–water partition coefficient (Wildman–Crippen LogP) is 3.98. The quantitative estimate of drug-likeness (QED) is 0.893. The molecule has 0 aliphatic heterocycles. The van der Waals surface area contributed by atoms with Crippen LogP contribution < -0.4 is 5.32 Å². The van der Waals surface area contributed by atoms with Crippen LogP contribution in [0.1, 0.15) is 10.4 Å². The van der Waals surface area contributed by atoms with E-state index in [1.54, 1.807) is 0 Å². The molecule has 0 fully saturated rings. The van der Waals surface area contributed by atoms with Gasteiger partial charge in [0.1, 0.15) is 11.6 Å². The van der Waals surface area contributed by atoms with Gasteiger partial charge in [0.25, 0.3) is 5.91 Å². The highest BCUT2D eigenvalue weighted by molar-refractivity contribution is 9.10. The van der Waals surface area contributed by atoms with Crippen molar-refractivity contribution >= 4 is 27.5 Å². The van der Waals surface area contributed by atoms with Gasteiger partial charge in [0, 0.05) is 10.2 Å². The van der Waals surface area contributed by atoms with Crippen molar-refractivity contribution in [2.75, 3.05) is 5.32 Å². The van der Waals surface area contributed by atoms with Gasteiger partial charge in [-0.15, -0.1) is 0 Å². The summed E-state index contributed by atoms with van der Waals surface area (Å²) in [6.07, 6.45) is 0. The normalized spacial score (nSPS) is 10.2. The smallest absolute Gasteiger partial charge is 0.256 e. The minimum atomic E-state index is -0.430. The van der Waals surface area contributed by atoms with Gasteiger partial charge in [-0.2, -0.15) is 0 Å². The highest BCUT2D eigenvalue weighted by atomic mass is 79.9. The van der Waals surface area contributed by atoms with Crippen molar-refractivity contribution in [3.05, 3.63) is 64.1 Å². The van der Waals surface area contributed by atoms with E-state index in [-0.39, 0.29) is 5.82 Å². The Kier molecular flexibility index (Phi) is 3.72. The van der Waals surface area contributed by atoms with E-state index in [4.69, 9.17) is 0 Å². The Morgan fingerprint density at radius 2 is 1.61 bits per heavy atom. The molecule has 5 heteroatoms. The number of hydrogen-bond donors (Lipinski definition) is 1. The van der Waals surface area contributed by atoms with E-state index in [0.29, 0.717) is 15.7 Å². The van der Waals surface area contributed by atoms with Gasteiger partial charge in [0.05, 0.1) is 5.56 Å². The molecule has 18 heavy (non-hydrogen) atoms. The van der Waals surface area contributed by atoms with E-state index in [1.165, 1.54) is 42.5 Å². The Balaban J connectivity index is 2.19. The summed E-state index contributed by atoms with van der Waals surface area (Å²) in [6, 6.07) is 9.17. The number of hydrogen-bond acceptors (Lipinski definition) is 1. The molecule has 1 amide bonds. The third kappa shape index (κ3) is 2.92. The van der Waals surface area contributed by atoms with E-state index in [0.717, 1.165) is 0 Å². The molecule has 2 rings (SSSR count). The molecular weight excluding hydrogens is 304 g/mol. The van der Waals surface area contributed by atoms with Crippen LogP contribution in [-0.2, 0) is 0 Å². The lowest BCUT2D eigenvalue weighted by Gasteiger charge is -2.06. The van der Waals surface area contributed by atoms with Gasteiger partial charge in [0.15, 0.2) is 0 Å². The summed E-state index contributed by atoms with van der Waals surface area (Å²) < 4.78 is 25.9. The fourth-order valence-corrected chi connectivity index (χ4v) is 1.94. The van der Waals surface area contributed by atoms with Crippen molar-refractivity contribution in [2.24, 2.45) is 0 Å². The van der Waals surface area contributed by atoms with Crippen LogP contribution in [0.15, 0.2) is 46.9 Å². The monoisotopic (exact) mass is 311 g/mol. The Morgan fingerprint density at radius 1 is 1.00 bits per heavy atom. The molecule has 2 aromatic rings. The third-order valence-corrected chi connectivity index (χ3v) is 2.93. The lowest BCUT2D eigenvalue weighted by atomic mass is 10.2. The summed E-state index contributed by atoms with van der Waals surface area (Å²) in [4.78, 5) is 11.9. The van der Waals surface area contributed by atoms with Gasteiger partial charge in [0.2, 0.25) is 0 Å². The van der Waals surface area contributed by atoms with Crippen LogP contribution in [0.5, 0.6) is 0 Å². The van der Waals surface area contributed by atoms with Gasteiger partial charge in [-0.05, 0) is 58.4 Å². The highest BCUT2D eigenvalue weighted by Crippen LogP contribution is 2.19. The summed E-state index contributed by atoms with van der Waals surface area (Å²) in [6.45, 7) is 0. The van der Waals surface area contributed by atoms with Crippen LogP contribution in [0.25, 0.3) is 0 Å². The molecule has 0 atom stereocenters. The number of benzene rings is 2. The Hall–Kier alpha value is -1.75. The first-order valence-electron chi connectivity index (χ1n) is 5.08. The van der Waals surface area contributed by atoms with Gasteiger partial charge >= 0.3 is 0 Å². The first-order valence-corrected chi connectivity index (χ1v) is 5.87. The molecular formula is C13H8BrF2NO. The largest absolute Gasteiger partial charge is 0.322 e. The van der Waals surface area contributed by atoms with Crippen molar-refractivity contribution in [3.8, 4) is 0 Å². The average Bonchev–Trinajstić information content (AvgIpc) is 2.32. The maximum Gasteiger partial charge on any atom is 0.256 e. The SMILES string of the molecule is O=C(Nc1ccc(F)cc1)c1ccc(F)cc1Br. The van der Waals surface area contributed by atoms with Crippen molar-refractivity contribution in [2.45, 2.75) is 0 Å². The standard InChI is InChI=1S/C13H8BrF2NO/c14-12-7-9(16)3-6-11(12)13(18)17-10-4-1-8(15)2-5-10/h1-7H,(H,17,18). The van der Waals surface area contributed by atoms with E-state index >= 15 is 0 Å². The van der Waals surface area contributed by atoms with E-state index in [9.17, 15) is 13.6 Å². The summed E-state index contributed by atoms with van der Waals surface area (Å²) in [5, 5.41) is 2.59. The second-order valence-electron chi connectivity index (χ2n) is 3.59. The molecule has 2 nitrogen and oxygen atoms in total. The second kappa shape index (κ2) is 5.27. The van der Waals surface area contributed by atoms with Crippen molar-refractivity contribution in [1.82, 2.24) is 0 Å². The van der Waals surface area contributed by atoms with Gasteiger partial charge in [-0.1, -0.05) is 0 Å². The third-order valence-electron chi connectivity index (χ3n) is 2.28. The number of carbonyl (C=O) groups is 1. The number of rotatable bonds is 2. The minimum Gasteiger partial charge on any atom is -0.322 e. The fourth-order valence-electron chi connectivity index (χ4n) is 1.41. The van der Waals surface area contributed by atoms with Gasteiger partial charge in [-0.3, -0.25) is 4.79 Å². The molecule has 0 aliphatic carbocycles. The molecule has 0 aliphatic rings. The molecule has 0 bridgehead atoms. The molecule has 0 saturated heterocycles. The molecule has 0 radical (unpaired) electrons. The van der Waals surface area contributed by atoms with Crippen LogP contribution in [-0.4, -0.2) is 5.91 Å². The number of carbonyl (C=O) groups excluding carboxylic acids is 1. The minimum absolute atomic E-state index is 0.306. The van der Waals surface area contributed by atoms with Crippen LogP contribution in [0.4, 0.5) is 14.5 Å². The second-order valence-corrected chi connectivity index (χ2v) is 4.44. The zero-order valence-corrected chi connectivity index (χ0v) is 10.7. The van der Waals surface area contributed by atoms with E-state index in [1.807, 2.05) is 0 Å². The summed E-state index contributed by atoms with van der Waals surface area (Å²) in [5.74, 6) is -1.20. The highest BCUT2D eigenvalue weighted by Gasteiger charge is 2.10. The first kappa shape index (κ1) is 12.7. The molecule has 2 aromatic carbocycles. The van der Waals surface area contributed by atoms with Gasteiger partial charge in [-0.25, -0.2) is 8.78 Å². The predicted molar refractivity (Wildman–Crippen MR) is 68.5 cm³/mol. The molecule has 0 spiro atoms. The Morgan fingerprint density at radius 3 is 2.22 bits per heavy atom. The van der Waals surface area contributed by atoms with Crippen LogP contribution in [0, 0.1) is 11.6 Å². The molecule has 0 unspecified atom stereocenters. The zero-order chi connectivity index (χ0) is 13.1. The molecule has 0 aromatic heterocycles. The van der Waals surface area contributed by atoms with Crippen molar-refractivity contribution in [1.29, 1.82) is 0 Å². The lowest BCUT2D eigenvalue weighted by Crippen LogP contribution is -2.12. The van der Waals surface area contributed by atoms with Crippen LogP contribution in [0.3, 0.4) is 0 Å². The summed E-state index contributed by atoms with van der Waals surface area (Å²) in [7, 11) is 0. The molecule has 1 N–H and O–H groups in total. The molecule has 0 heterocycles. The van der Waals surface area contributed by atoms with Crippen molar-refractivity contribution < 1.29 is 13.6 Å². The van der Waals surface area contributed by atoms with Crippen LogP contribution >= 0.6 is 15.9 Å². The maximum absolute atomic E-state index is 12.9. The van der Waals surface area contributed by atoms with Crippen molar-refractivity contribution in [3.63, 3.8) is 0 Å². The van der Waals surface area contributed by atoms with E-state index < -0.39 is 11.7 Å². The Labute approximate surface area is 111 Å². The zero-order valence-electron chi connectivity index (χ0n) is 9.08.